The van der Waals surface area contributed by atoms with E-state index < -0.39 is 22.0 Å². The van der Waals surface area contributed by atoms with Gasteiger partial charge in [-0.1, -0.05) is 0 Å². The monoisotopic (exact) mass is 388 g/mol. The molecule has 0 aromatic heterocycles. The van der Waals surface area contributed by atoms with Crippen molar-refractivity contribution in [3.8, 4) is 0 Å². The lowest BCUT2D eigenvalue weighted by atomic mass is 10.2. The predicted octanol–water partition coefficient (Wildman–Crippen LogP) is 1.92. The van der Waals surface area contributed by atoms with Gasteiger partial charge in [0.15, 0.2) is 0 Å². The van der Waals surface area contributed by atoms with E-state index >= 15 is 0 Å². The highest BCUT2D eigenvalue weighted by Gasteiger charge is 2.22. The van der Waals surface area contributed by atoms with Crippen molar-refractivity contribution < 1.29 is 27.8 Å². The Morgan fingerprint density at radius 2 is 1.96 bits per heavy atom. The molecule has 0 bridgehead atoms. The van der Waals surface area contributed by atoms with Crippen molar-refractivity contribution in [2.45, 2.75) is 44.2 Å². The predicted molar refractivity (Wildman–Crippen MR) is 99.3 cm³/mol. The van der Waals surface area contributed by atoms with Crippen LogP contribution in [-0.4, -0.2) is 58.5 Å². The van der Waals surface area contributed by atoms with E-state index in [2.05, 4.69) is 10.0 Å². The number of ether oxygens (including phenoxy) is 2. The van der Waals surface area contributed by atoms with E-state index in [1.54, 1.807) is 6.92 Å². The summed E-state index contributed by atoms with van der Waals surface area (Å²) in [5, 5.41) is 12.2. The second-order valence-corrected chi connectivity index (χ2v) is 7.88. The summed E-state index contributed by atoms with van der Waals surface area (Å²) in [7, 11) is -2.44. The summed E-state index contributed by atoms with van der Waals surface area (Å²) in [5.41, 5.74) is 0.245. The summed E-state index contributed by atoms with van der Waals surface area (Å²) < 4.78 is 38.2. The van der Waals surface area contributed by atoms with Crippen LogP contribution in [0.25, 0.3) is 0 Å². The lowest BCUT2D eigenvalue weighted by molar-refractivity contribution is 0.0696. The first-order valence-electron chi connectivity index (χ1n) is 8.41. The van der Waals surface area contributed by atoms with Crippen molar-refractivity contribution >= 4 is 21.7 Å². The van der Waals surface area contributed by atoms with Gasteiger partial charge >= 0.3 is 5.97 Å². The van der Waals surface area contributed by atoms with Gasteiger partial charge < -0.3 is 19.9 Å². The van der Waals surface area contributed by atoms with Crippen LogP contribution in [0.2, 0.25) is 0 Å². The van der Waals surface area contributed by atoms with Gasteiger partial charge in [-0.05, 0) is 45.4 Å². The number of hydrogen-bond acceptors (Lipinski definition) is 6. The van der Waals surface area contributed by atoms with Crippen LogP contribution in [0.1, 0.15) is 37.6 Å². The maximum absolute atomic E-state index is 12.7. The number of anilines is 1. The SMILES string of the molecule is COC[C@@H](C)NS(=O)(=O)c1cc(C(=O)O)ccc1NCCCOC(C)C. The first-order chi connectivity index (χ1) is 12.2. The van der Waals surface area contributed by atoms with Crippen molar-refractivity contribution in [1.29, 1.82) is 0 Å². The fourth-order valence-electron chi connectivity index (χ4n) is 2.25. The molecule has 0 aliphatic rings. The Balaban J connectivity index is 2.98. The molecule has 0 aliphatic heterocycles. The summed E-state index contributed by atoms with van der Waals surface area (Å²) in [5.74, 6) is -1.19. The molecule has 0 amide bonds. The summed E-state index contributed by atoms with van der Waals surface area (Å²) in [6.45, 7) is 6.79. The van der Waals surface area contributed by atoms with Crippen molar-refractivity contribution in [3.63, 3.8) is 0 Å². The maximum atomic E-state index is 12.7. The lowest BCUT2D eigenvalue weighted by Crippen LogP contribution is -2.36. The number of nitrogens with one attached hydrogen (secondary N) is 2. The lowest BCUT2D eigenvalue weighted by Gasteiger charge is -2.17. The van der Waals surface area contributed by atoms with Crippen molar-refractivity contribution in [1.82, 2.24) is 4.72 Å². The number of carboxylic acid groups (broad SMARTS) is 1. The average molecular weight is 388 g/mol. The van der Waals surface area contributed by atoms with E-state index in [1.165, 1.54) is 19.2 Å². The van der Waals surface area contributed by atoms with E-state index in [4.69, 9.17) is 14.6 Å². The zero-order valence-electron chi connectivity index (χ0n) is 15.6. The van der Waals surface area contributed by atoms with Crippen LogP contribution in [0.3, 0.4) is 0 Å². The standard InChI is InChI=1S/C17H28N2O6S/c1-12(2)25-9-5-8-18-15-7-6-14(17(20)21)10-16(15)26(22,23)19-13(3)11-24-4/h6-7,10,12-13,18-19H,5,8-9,11H2,1-4H3,(H,20,21)/t13-/m1/s1. The fraction of sp³-hybridized carbons (Fsp3) is 0.588. The number of aromatic carboxylic acids is 1. The van der Waals surface area contributed by atoms with E-state index in [9.17, 15) is 13.2 Å². The quantitative estimate of drug-likeness (QED) is 0.469. The first-order valence-corrected chi connectivity index (χ1v) is 9.89. The van der Waals surface area contributed by atoms with Gasteiger partial charge in [0.05, 0.1) is 24.0 Å². The summed E-state index contributed by atoms with van der Waals surface area (Å²) in [4.78, 5) is 11.1. The molecule has 148 valence electrons. The number of benzene rings is 1. The van der Waals surface area contributed by atoms with E-state index in [1.807, 2.05) is 13.8 Å². The molecular formula is C17H28N2O6S. The molecule has 0 saturated heterocycles. The minimum absolute atomic E-state index is 0.0986. The number of carboxylic acids is 1. The van der Waals surface area contributed by atoms with Crippen LogP contribution in [-0.2, 0) is 19.5 Å². The van der Waals surface area contributed by atoms with Crippen LogP contribution < -0.4 is 10.0 Å². The maximum Gasteiger partial charge on any atom is 0.335 e. The van der Waals surface area contributed by atoms with Gasteiger partial charge in [0.2, 0.25) is 10.0 Å². The highest BCUT2D eigenvalue weighted by Crippen LogP contribution is 2.23. The molecule has 0 unspecified atom stereocenters. The van der Waals surface area contributed by atoms with Crippen LogP contribution in [0, 0.1) is 0 Å². The van der Waals surface area contributed by atoms with Crippen molar-refractivity contribution in [2.24, 2.45) is 0 Å². The molecule has 8 nitrogen and oxygen atoms in total. The Kier molecular flexibility index (Phi) is 9.00. The number of rotatable bonds is 12. The van der Waals surface area contributed by atoms with E-state index in [0.717, 1.165) is 6.07 Å². The minimum Gasteiger partial charge on any atom is -0.478 e. The number of methoxy groups -OCH3 is 1. The smallest absolute Gasteiger partial charge is 0.335 e. The third-order valence-electron chi connectivity index (χ3n) is 3.38. The fourth-order valence-corrected chi connectivity index (χ4v) is 3.69. The number of sulfonamides is 1. The molecule has 0 saturated carbocycles. The molecule has 1 rings (SSSR count). The van der Waals surface area contributed by atoms with Crippen LogP contribution in [0.15, 0.2) is 23.1 Å². The van der Waals surface area contributed by atoms with Gasteiger partial charge in [-0.2, -0.15) is 0 Å². The molecule has 1 aromatic rings. The topological polar surface area (TPSA) is 114 Å². The highest BCUT2D eigenvalue weighted by molar-refractivity contribution is 7.89. The van der Waals surface area contributed by atoms with Gasteiger partial charge in [0, 0.05) is 26.3 Å². The molecule has 1 atom stereocenters. The molecule has 0 aliphatic carbocycles. The van der Waals surface area contributed by atoms with Crippen LogP contribution >= 0.6 is 0 Å². The van der Waals surface area contributed by atoms with Crippen molar-refractivity contribution in [3.05, 3.63) is 23.8 Å². The Morgan fingerprint density at radius 1 is 1.27 bits per heavy atom. The summed E-state index contributed by atoms with van der Waals surface area (Å²) >= 11 is 0. The minimum atomic E-state index is -3.91. The van der Waals surface area contributed by atoms with Gasteiger partial charge in [-0.3, -0.25) is 0 Å². The largest absolute Gasteiger partial charge is 0.478 e. The van der Waals surface area contributed by atoms with Gasteiger partial charge in [-0.15, -0.1) is 0 Å². The zero-order chi connectivity index (χ0) is 19.7. The average Bonchev–Trinajstić information content (AvgIpc) is 2.53. The molecule has 0 heterocycles. The molecule has 0 fully saturated rings. The Morgan fingerprint density at radius 3 is 2.54 bits per heavy atom. The van der Waals surface area contributed by atoms with Crippen molar-refractivity contribution in [2.75, 3.05) is 32.2 Å². The van der Waals surface area contributed by atoms with Crippen LogP contribution in [0.4, 0.5) is 5.69 Å². The highest BCUT2D eigenvalue weighted by atomic mass is 32.2. The number of carbonyl (C=O) groups is 1. The molecule has 9 heteroatoms. The summed E-state index contributed by atoms with van der Waals surface area (Å²) in [6, 6.07) is 3.53. The molecule has 0 radical (unpaired) electrons. The normalized spacial score (nSPS) is 13.0. The van der Waals surface area contributed by atoms with Gasteiger partial charge in [0.25, 0.3) is 0 Å². The third kappa shape index (κ3) is 7.28. The molecule has 1 aromatic carbocycles. The second kappa shape index (κ2) is 10.5. The molecule has 3 N–H and O–H groups in total. The molecular weight excluding hydrogens is 360 g/mol. The van der Waals surface area contributed by atoms with Gasteiger partial charge in [0.1, 0.15) is 4.90 Å². The second-order valence-electron chi connectivity index (χ2n) is 6.19. The Hall–Kier alpha value is -1.68. The first kappa shape index (κ1) is 22.4. The van der Waals surface area contributed by atoms with E-state index in [0.29, 0.717) is 25.3 Å². The number of hydrogen-bond donors (Lipinski definition) is 3. The van der Waals surface area contributed by atoms with E-state index in [-0.39, 0.29) is 23.2 Å². The zero-order valence-corrected chi connectivity index (χ0v) is 16.4. The third-order valence-corrected chi connectivity index (χ3v) is 5.01. The molecule has 26 heavy (non-hydrogen) atoms. The van der Waals surface area contributed by atoms with Crippen LogP contribution in [0.5, 0.6) is 0 Å². The summed E-state index contributed by atoms with van der Waals surface area (Å²) in [6.07, 6.45) is 0.818. The van der Waals surface area contributed by atoms with Gasteiger partial charge in [-0.25, -0.2) is 17.9 Å². The Bertz CT molecular complexity index is 690. The Labute approximate surface area is 154 Å². The molecule has 0 spiro atoms.